The van der Waals surface area contributed by atoms with Crippen LogP contribution in [0.2, 0.25) is 0 Å². The third-order valence-electron chi connectivity index (χ3n) is 2.34. The van der Waals surface area contributed by atoms with Gasteiger partial charge < -0.3 is 5.32 Å². The van der Waals surface area contributed by atoms with Crippen LogP contribution >= 0.6 is 11.8 Å². The molecule has 1 aromatic carbocycles. The minimum absolute atomic E-state index is 0.0433. The number of benzene rings is 1. The number of carbonyl (C=O) groups is 1. The second kappa shape index (κ2) is 6.13. The molecule has 1 unspecified atom stereocenters. The van der Waals surface area contributed by atoms with Crippen molar-refractivity contribution in [2.75, 3.05) is 0 Å². The minimum Gasteiger partial charge on any atom is -0.350 e. The second-order valence-corrected chi connectivity index (χ2v) is 4.99. The monoisotopic (exact) mass is 277 g/mol. The molecule has 0 bridgehead atoms. The van der Waals surface area contributed by atoms with Gasteiger partial charge in [0.05, 0.1) is 0 Å². The third kappa shape index (κ3) is 5.00. The lowest BCUT2D eigenvalue weighted by molar-refractivity contribution is -0.0328. The van der Waals surface area contributed by atoms with Gasteiger partial charge in [-0.05, 0) is 49.4 Å². The van der Waals surface area contributed by atoms with Crippen LogP contribution in [0, 0.1) is 0 Å². The van der Waals surface area contributed by atoms with E-state index in [1.807, 2.05) is 13.8 Å². The van der Waals surface area contributed by atoms with Crippen molar-refractivity contribution in [1.82, 2.24) is 5.32 Å². The first-order valence-electron chi connectivity index (χ1n) is 5.48. The van der Waals surface area contributed by atoms with Crippen molar-refractivity contribution >= 4 is 17.7 Å². The molecule has 2 nitrogen and oxygen atoms in total. The van der Waals surface area contributed by atoms with Crippen LogP contribution in [0.1, 0.15) is 30.6 Å². The van der Waals surface area contributed by atoms with Gasteiger partial charge in [0.2, 0.25) is 0 Å². The van der Waals surface area contributed by atoms with E-state index in [2.05, 4.69) is 5.32 Å². The van der Waals surface area contributed by atoms with Crippen LogP contribution in [0.4, 0.5) is 13.2 Å². The van der Waals surface area contributed by atoms with E-state index in [0.717, 1.165) is 6.42 Å². The lowest BCUT2D eigenvalue weighted by atomic mass is 10.2. The number of carbonyl (C=O) groups excluding carboxylic acids is 1. The fraction of sp³-hybridized carbons (Fsp3) is 0.417. The first-order chi connectivity index (χ1) is 8.31. The third-order valence-corrected chi connectivity index (χ3v) is 3.08. The van der Waals surface area contributed by atoms with E-state index in [-0.39, 0.29) is 28.6 Å². The molecular weight excluding hydrogens is 263 g/mol. The average Bonchev–Trinajstić information content (AvgIpc) is 2.27. The van der Waals surface area contributed by atoms with Crippen LogP contribution in [0.3, 0.4) is 0 Å². The number of thioether (sulfide) groups is 1. The van der Waals surface area contributed by atoms with Gasteiger partial charge in [0.15, 0.2) is 0 Å². The van der Waals surface area contributed by atoms with Crippen molar-refractivity contribution in [2.24, 2.45) is 0 Å². The summed E-state index contributed by atoms with van der Waals surface area (Å²) in [6.45, 7) is 3.81. The van der Waals surface area contributed by atoms with Gasteiger partial charge in [-0.2, -0.15) is 13.2 Å². The van der Waals surface area contributed by atoms with Gasteiger partial charge >= 0.3 is 5.51 Å². The largest absolute Gasteiger partial charge is 0.446 e. The summed E-state index contributed by atoms with van der Waals surface area (Å²) in [7, 11) is 0. The molecule has 0 saturated carbocycles. The highest BCUT2D eigenvalue weighted by Gasteiger charge is 2.29. The first-order valence-corrected chi connectivity index (χ1v) is 6.30. The van der Waals surface area contributed by atoms with Crippen LogP contribution in [-0.4, -0.2) is 17.5 Å². The summed E-state index contributed by atoms with van der Waals surface area (Å²) in [6.07, 6.45) is 0.799. The number of hydrogen-bond acceptors (Lipinski definition) is 2. The van der Waals surface area contributed by atoms with E-state index in [1.165, 1.54) is 24.3 Å². The van der Waals surface area contributed by atoms with E-state index in [0.29, 0.717) is 5.56 Å². The standard InChI is InChI=1S/C12H14F3NOS/c1-3-8(2)16-11(17)9-4-6-10(7-5-9)18-12(13,14)15/h4-8H,3H2,1-2H3,(H,16,17). The van der Waals surface area contributed by atoms with E-state index in [9.17, 15) is 18.0 Å². The Hall–Kier alpha value is -1.17. The molecule has 18 heavy (non-hydrogen) atoms. The van der Waals surface area contributed by atoms with Gasteiger partial charge in [-0.3, -0.25) is 4.79 Å². The second-order valence-electron chi connectivity index (χ2n) is 3.85. The Balaban J connectivity index is 2.68. The molecule has 6 heteroatoms. The van der Waals surface area contributed by atoms with Crippen molar-refractivity contribution < 1.29 is 18.0 Å². The molecule has 0 spiro atoms. The SMILES string of the molecule is CCC(C)NC(=O)c1ccc(SC(F)(F)F)cc1. The average molecular weight is 277 g/mol. The van der Waals surface area contributed by atoms with Crippen LogP contribution in [0.5, 0.6) is 0 Å². The molecule has 1 amide bonds. The number of nitrogens with one attached hydrogen (secondary N) is 1. The Labute approximate surface area is 108 Å². The highest BCUT2D eigenvalue weighted by atomic mass is 32.2. The Kier molecular flexibility index (Phi) is 5.07. The van der Waals surface area contributed by atoms with Crippen LogP contribution < -0.4 is 5.32 Å². The highest BCUT2D eigenvalue weighted by molar-refractivity contribution is 8.00. The number of halogens is 3. The Morgan fingerprint density at radius 1 is 1.33 bits per heavy atom. The van der Waals surface area contributed by atoms with E-state index >= 15 is 0 Å². The molecule has 0 radical (unpaired) electrons. The number of rotatable bonds is 4. The molecule has 0 saturated heterocycles. The van der Waals surface area contributed by atoms with Crippen LogP contribution in [0.15, 0.2) is 29.2 Å². The maximum absolute atomic E-state index is 12.1. The molecule has 0 aromatic heterocycles. The van der Waals surface area contributed by atoms with Crippen molar-refractivity contribution in [3.05, 3.63) is 29.8 Å². The summed E-state index contributed by atoms with van der Waals surface area (Å²) in [5.41, 5.74) is -3.94. The predicted octanol–water partition coefficient (Wildman–Crippen LogP) is 3.83. The van der Waals surface area contributed by atoms with Crippen molar-refractivity contribution in [3.63, 3.8) is 0 Å². The maximum Gasteiger partial charge on any atom is 0.446 e. The summed E-state index contributed by atoms with van der Waals surface area (Å²) in [5, 5.41) is 2.75. The van der Waals surface area contributed by atoms with Gasteiger partial charge in [0.25, 0.3) is 5.91 Å². The number of alkyl halides is 3. The van der Waals surface area contributed by atoms with E-state index in [4.69, 9.17) is 0 Å². The zero-order chi connectivity index (χ0) is 13.8. The van der Waals surface area contributed by atoms with Gasteiger partial charge in [0, 0.05) is 16.5 Å². The fourth-order valence-corrected chi connectivity index (χ4v) is 1.76. The van der Waals surface area contributed by atoms with Gasteiger partial charge in [-0.1, -0.05) is 6.92 Å². The summed E-state index contributed by atoms with van der Waals surface area (Å²) in [4.78, 5) is 11.7. The van der Waals surface area contributed by atoms with Gasteiger partial charge in [-0.25, -0.2) is 0 Å². The van der Waals surface area contributed by atoms with Crippen molar-refractivity contribution in [3.8, 4) is 0 Å². The topological polar surface area (TPSA) is 29.1 Å². The smallest absolute Gasteiger partial charge is 0.350 e. The molecule has 1 aromatic rings. The van der Waals surface area contributed by atoms with Crippen molar-refractivity contribution in [2.45, 2.75) is 36.7 Å². The van der Waals surface area contributed by atoms with E-state index in [1.54, 1.807) is 0 Å². The van der Waals surface area contributed by atoms with E-state index < -0.39 is 5.51 Å². The molecule has 1 atom stereocenters. The Morgan fingerprint density at radius 3 is 2.33 bits per heavy atom. The quantitative estimate of drug-likeness (QED) is 0.847. The fourth-order valence-electron chi connectivity index (χ4n) is 1.22. The number of hydrogen-bond donors (Lipinski definition) is 1. The number of amides is 1. The normalized spacial score (nSPS) is 13.2. The minimum atomic E-state index is -4.31. The molecular formula is C12H14F3NOS. The van der Waals surface area contributed by atoms with Crippen LogP contribution in [0.25, 0.3) is 0 Å². The molecule has 100 valence electrons. The molecule has 0 aliphatic rings. The summed E-state index contributed by atoms with van der Waals surface area (Å²) < 4.78 is 36.3. The first kappa shape index (κ1) is 14.9. The lowest BCUT2D eigenvalue weighted by Crippen LogP contribution is -2.31. The zero-order valence-corrected chi connectivity index (χ0v) is 10.9. The molecule has 0 aliphatic carbocycles. The maximum atomic E-state index is 12.1. The molecule has 0 aliphatic heterocycles. The molecule has 1 rings (SSSR count). The molecule has 0 heterocycles. The summed E-state index contributed by atoms with van der Waals surface area (Å²) >= 11 is -0.192. The lowest BCUT2D eigenvalue weighted by Gasteiger charge is -2.11. The summed E-state index contributed by atoms with van der Waals surface area (Å²) in [5.74, 6) is -0.270. The highest BCUT2D eigenvalue weighted by Crippen LogP contribution is 2.36. The van der Waals surface area contributed by atoms with Crippen molar-refractivity contribution in [1.29, 1.82) is 0 Å². The van der Waals surface area contributed by atoms with Crippen LogP contribution in [-0.2, 0) is 0 Å². The summed E-state index contributed by atoms with van der Waals surface area (Å²) in [6, 6.07) is 5.42. The Morgan fingerprint density at radius 2 is 1.89 bits per heavy atom. The molecule has 0 fully saturated rings. The zero-order valence-electron chi connectivity index (χ0n) is 10.0. The van der Waals surface area contributed by atoms with Gasteiger partial charge in [0.1, 0.15) is 0 Å². The Bertz CT molecular complexity index is 403. The molecule has 1 N–H and O–H groups in total. The predicted molar refractivity (Wildman–Crippen MR) is 65.6 cm³/mol. The van der Waals surface area contributed by atoms with Gasteiger partial charge in [-0.15, -0.1) is 0 Å².